The molecule has 5 nitrogen and oxygen atoms in total. The number of aldehydes is 1. The van der Waals surface area contributed by atoms with Gasteiger partial charge in [-0.1, -0.05) is 23.2 Å². The summed E-state index contributed by atoms with van der Waals surface area (Å²) in [6.45, 7) is 1.75. The van der Waals surface area contributed by atoms with Crippen LogP contribution in [0.15, 0.2) is 12.1 Å². The molecule has 0 unspecified atom stereocenters. The quantitative estimate of drug-likeness (QED) is 0.883. The zero-order valence-corrected chi connectivity index (χ0v) is 12.7. The van der Waals surface area contributed by atoms with Crippen molar-refractivity contribution >= 4 is 41.0 Å². The van der Waals surface area contributed by atoms with Gasteiger partial charge in [-0.15, -0.1) is 0 Å². The smallest absolute Gasteiger partial charge is 0.155 e. The maximum absolute atomic E-state index is 11.2. The molecule has 1 aromatic heterocycles. The van der Waals surface area contributed by atoms with E-state index in [1.807, 2.05) is 0 Å². The predicted octanol–water partition coefficient (Wildman–Crippen LogP) is 3.32. The van der Waals surface area contributed by atoms with E-state index in [0.29, 0.717) is 27.8 Å². The number of aromatic nitrogens is 2. The number of aryl methyl sites for hydroxylation is 2. The molecule has 0 atom stereocenters. The number of nitrogens with zero attached hydrogens (tertiary/aromatic N) is 3. The number of carbonyl (C=O) groups excluding carboxylic acids is 1. The first-order valence-corrected chi connectivity index (χ1v) is 6.53. The predicted molar refractivity (Wildman–Crippen MR) is 79.5 cm³/mol. The van der Waals surface area contributed by atoms with Crippen LogP contribution in [0.4, 0.5) is 11.5 Å². The van der Waals surface area contributed by atoms with Gasteiger partial charge in [-0.2, -0.15) is 5.10 Å². The van der Waals surface area contributed by atoms with Crippen LogP contribution < -0.4 is 4.90 Å². The topological polar surface area (TPSA) is 58.4 Å². The highest BCUT2D eigenvalue weighted by Crippen LogP contribution is 2.38. The molecule has 0 aliphatic rings. The molecule has 1 heterocycles. The van der Waals surface area contributed by atoms with Crippen LogP contribution in [0.5, 0.6) is 5.75 Å². The summed E-state index contributed by atoms with van der Waals surface area (Å²) in [6.07, 6.45) is 0.748. The van der Waals surface area contributed by atoms with Gasteiger partial charge in [-0.3, -0.25) is 9.48 Å². The van der Waals surface area contributed by atoms with Crippen LogP contribution in [-0.2, 0) is 7.05 Å². The Labute approximate surface area is 126 Å². The van der Waals surface area contributed by atoms with Gasteiger partial charge in [0.2, 0.25) is 0 Å². The first kappa shape index (κ1) is 14.7. The van der Waals surface area contributed by atoms with Crippen molar-refractivity contribution in [3.8, 4) is 5.75 Å². The van der Waals surface area contributed by atoms with Crippen molar-refractivity contribution < 1.29 is 9.90 Å². The zero-order valence-electron chi connectivity index (χ0n) is 11.2. The van der Waals surface area contributed by atoms with Crippen molar-refractivity contribution in [2.45, 2.75) is 6.92 Å². The molecule has 20 heavy (non-hydrogen) atoms. The van der Waals surface area contributed by atoms with Gasteiger partial charge in [0.1, 0.15) is 11.6 Å². The van der Waals surface area contributed by atoms with Gasteiger partial charge in [0.25, 0.3) is 0 Å². The molecule has 0 radical (unpaired) electrons. The fourth-order valence-electron chi connectivity index (χ4n) is 2.10. The van der Waals surface area contributed by atoms with Gasteiger partial charge in [-0.05, 0) is 13.0 Å². The van der Waals surface area contributed by atoms with Crippen molar-refractivity contribution in [2.75, 3.05) is 11.9 Å². The van der Waals surface area contributed by atoms with E-state index in [1.54, 1.807) is 30.6 Å². The lowest BCUT2D eigenvalue weighted by molar-refractivity contribution is 0.112. The molecule has 0 spiro atoms. The summed E-state index contributed by atoms with van der Waals surface area (Å²) in [5, 5.41) is 14.5. The SMILES string of the molecule is Cc1nn(C)c(N(C)c2cc(O)c(Cl)cc2Cl)c1C=O. The van der Waals surface area contributed by atoms with Gasteiger partial charge >= 0.3 is 0 Å². The van der Waals surface area contributed by atoms with Crippen LogP contribution in [0.1, 0.15) is 16.1 Å². The van der Waals surface area contributed by atoms with Crippen molar-refractivity contribution in [1.82, 2.24) is 9.78 Å². The van der Waals surface area contributed by atoms with Crippen LogP contribution >= 0.6 is 23.2 Å². The number of aromatic hydroxyl groups is 1. The van der Waals surface area contributed by atoms with E-state index in [0.717, 1.165) is 6.29 Å². The van der Waals surface area contributed by atoms with Gasteiger partial charge < -0.3 is 10.0 Å². The third kappa shape index (κ3) is 2.34. The number of anilines is 2. The summed E-state index contributed by atoms with van der Waals surface area (Å²) < 4.78 is 1.58. The van der Waals surface area contributed by atoms with Crippen LogP contribution in [-0.4, -0.2) is 28.2 Å². The minimum absolute atomic E-state index is 0.0792. The number of phenols is 1. The maximum atomic E-state index is 11.2. The van der Waals surface area contributed by atoms with Crippen molar-refractivity contribution in [3.63, 3.8) is 0 Å². The first-order valence-electron chi connectivity index (χ1n) is 5.77. The summed E-state index contributed by atoms with van der Waals surface area (Å²) in [6, 6.07) is 2.90. The second-order valence-electron chi connectivity index (χ2n) is 4.38. The lowest BCUT2D eigenvalue weighted by atomic mass is 10.2. The Hall–Kier alpha value is -1.72. The maximum Gasteiger partial charge on any atom is 0.155 e. The number of halogens is 2. The Morgan fingerprint density at radius 1 is 1.35 bits per heavy atom. The van der Waals surface area contributed by atoms with Crippen LogP contribution in [0.25, 0.3) is 0 Å². The largest absolute Gasteiger partial charge is 0.506 e. The molecule has 2 aromatic rings. The number of carbonyl (C=O) groups is 1. The number of benzene rings is 1. The third-order valence-corrected chi connectivity index (χ3v) is 3.66. The van der Waals surface area contributed by atoms with Gasteiger partial charge in [0.15, 0.2) is 6.29 Å². The Balaban J connectivity index is 2.60. The number of hydrogen-bond acceptors (Lipinski definition) is 4. The second-order valence-corrected chi connectivity index (χ2v) is 5.19. The summed E-state index contributed by atoms with van der Waals surface area (Å²) in [4.78, 5) is 12.9. The molecule has 0 amide bonds. The lowest BCUT2D eigenvalue weighted by Gasteiger charge is -2.21. The minimum atomic E-state index is -0.0792. The van der Waals surface area contributed by atoms with Gasteiger partial charge in [0.05, 0.1) is 27.0 Å². The van der Waals surface area contributed by atoms with E-state index in [1.165, 1.54) is 12.1 Å². The van der Waals surface area contributed by atoms with Crippen molar-refractivity contribution in [1.29, 1.82) is 0 Å². The van der Waals surface area contributed by atoms with Crippen LogP contribution in [0, 0.1) is 6.92 Å². The van der Waals surface area contributed by atoms with Crippen LogP contribution in [0.3, 0.4) is 0 Å². The lowest BCUT2D eigenvalue weighted by Crippen LogP contribution is -2.15. The fourth-order valence-corrected chi connectivity index (χ4v) is 2.61. The summed E-state index contributed by atoms with van der Waals surface area (Å²) in [7, 11) is 3.47. The van der Waals surface area contributed by atoms with Crippen LogP contribution in [0.2, 0.25) is 10.0 Å². The number of rotatable bonds is 3. The average molecular weight is 314 g/mol. The monoisotopic (exact) mass is 313 g/mol. The molecule has 0 aliphatic carbocycles. The highest BCUT2D eigenvalue weighted by atomic mass is 35.5. The van der Waals surface area contributed by atoms with Gasteiger partial charge in [0, 0.05) is 20.2 Å². The molecule has 2 rings (SSSR count). The van der Waals surface area contributed by atoms with E-state index >= 15 is 0 Å². The van der Waals surface area contributed by atoms with E-state index in [2.05, 4.69) is 5.10 Å². The molecule has 0 saturated carbocycles. The second kappa shape index (κ2) is 5.34. The fraction of sp³-hybridized carbons (Fsp3) is 0.231. The average Bonchev–Trinajstić information content (AvgIpc) is 2.67. The molecule has 1 N–H and O–H groups in total. The Morgan fingerprint density at radius 2 is 2.00 bits per heavy atom. The Morgan fingerprint density at radius 3 is 2.60 bits per heavy atom. The molecule has 7 heteroatoms. The number of hydrogen-bond donors (Lipinski definition) is 1. The van der Waals surface area contributed by atoms with E-state index in [9.17, 15) is 9.90 Å². The van der Waals surface area contributed by atoms with E-state index < -0.39 is 0 Å². The zero-order chi connectivity index (χ0) is 15.0. The number of phenolic OH excluding ortho intramolecular Hbond substituents is 1. The molecule has 0 fully saturated rings. The molecule has 106 valence electrons. The van der Waals surface area contributed by atoms with E-state index in [-0.39, 0.29) is 10.8 Å². The van der Waals surface area contributed by atoms with Crippen molar-refractivity contribution in [3.05, 3.63) is 33.4 Å². The van der Waals surface area contributed by atoms with Crippen molar-refractivity contribution in [2.24, 2.45) is 7.05 Å². The normalized spacial score (nSPS) is 10.7. The molecular weight excluding hydrogens is 301 g/mol. The minimum Gasteiger partial charge on any atom is -0.506 e. The summed E-state index contributed by atoms with van der Waals surface area (Å²) in [5.74, 6) is 0.505. The Bertz CT molecular complexity index is 683. The first-order chi connectivity index (χ1) is 9.36. The molecule has 0 aliphatic heterocycles. The molecular formula is C13H13Cl2N3O2. The Kier molecular flexibility index (Phi) is 3.92. The summed E-state index contributed by atoms with van der Waals surface area (Å²) >= 11 is 11.9. The molecule has 1 aromatic carbocycles. The molecule has 0 bridgehead atoms. The standard InChI is InChI=1S/C13H13Cl2N3O2/c1-7-8(6-19)13(18(3)16-7)17(2)11-5-12(20)10(15)4-9(11)14/h4-6,20H,1-3H3. The highest BCUT2D eigenvalue weighted by molar-refractivity contribution is 6.37. The van der Waals surface area contributed by atoms with Gasteiger partial charge in [-0.25, -0.2) is 0 Å². The molecule has 0 saturated heterocycles. The van der Waals surface area contributed by atoms with E-state index in [4.69, 9.17) is 23.2 Å². The summed E-state index contributed by atoms with van der Waals surface area (Å²) in [5.41, 5.74) is 1.62. The third-order valence-electron chi connectivity index (χ3n) is 3.05. The highest BCUT2D eigenvalue weighted by Gasteiger charge is 2.20.